The summed E-state index contributed by atoms with van der Waals surface area (Å²) in [7, 11) is 1.57. The van der Waals surface area contributed by atoms with Gasteiger partial charge in [0.05, 0.1) is 11.1 Å². The van der Waals surface area contributed by atoms with Gasteiger partial charge in [0.25, 0.3) is 0 Å². The molecule has 5 heteroatoms. The molecule has 1 N–H and O–H groups in total. The van der Waals surface area contributed by atoms with E-state index in [2.05, 4.69) is 4.98 Å². The summed E-state index contributed by atoms with van der Waals surface area (Å²) in [5.74, 6) is -0.730. The molecule has 0 amide bonds. The van der Waals surface area contributed by atoms with Gasteiger partial charge in [-0.1, -0.05) is 11.6 Å². The molecule has 0 bridgehead atoms. The molecular formula is C12H18ClNO3. The van der Waals surface area contributed by atoms with Crippen LogP contribution in [-0.4, -0.2) is 29.6 Å². The second-order valence-corrected chi connectivity index (χ2v) is 4.53. The molecule has 1 rings (SSSR count). The van der Waals surface area contributed by atoms with Crippen LogP contribution in [0.3, 0.4) is 0 Å². The van der Waals surface area contributed by atoms with Crippen LogP contribution in [0.2, 0.25) is 5.02 Å². The quantitative estimate of drug-likeness (QED) is 0.798. The summed E-state index contributed by atoms with van der Waals surface area (Å²) >= 11 is 6.06. The molecule has 4 nitrogen and oxygen atoms in total. The molecule has 17 heavy (non-hydrogen) atoms. The highest BCUT2D eigenvalue weighted by Crippen LogP contribution is 2.31. The molecule has 1 unspecified atom stereocenters. The van der Waals surface area contributed by atoms with Crippen LogP contribution in [0.25, 0.3) is 0 Å². The normalized spacial score (nSPS) is 13.7. The van der Waals surface area contributed by atoms with Crippen LogP contribution < -0.4 is 0 Å². The molecule has 1 heterocycles. The van der Waals surface area contributed by atoms with Gasteiger partial charge in [0.2, 0.25) is 0 Å². The number of nitrogens with zero attached hydrogens (tertiary/aromatic N) is 1. The number of halogens is 1. The summed E-state index contributed by atoms with van der Waals surface area (Å²) in [6.07, 6.45) is 3.35. The maximum atomic E-state index is 9.08. The third kappa shape index (κ3) is 4.24. The van der Waals surface area contributed by atoms with Crippen molar-refractivity contribution in [1.82, 2.24) is 4.98 Å². The van der Waals surface area contributed by atoms with Gasteiger partial charge in [-0.3, -0.25) is 4.98 Å². The minimum absolute atomic E-state index is 0.0170. The molecule has 0 aliphatic heterocycles. The topological polar surface area (TPSA) is 51.6 Å². The van der Waals surface area contributed by atoms with Crippen LogP contribution in [0.1, 0.15) is 31.9 Å². The van der Waals surface area contributed by atoms with Crippen LogP contribution in [0.4, 0.5) is 0 Å². The largest absolute Gasteiger partial charge is 0.396 e. The third-order valence-electron chi connectivity index (χ3n) is 2.46. The van der Waals surface area contributed by atoms with Crippen molar-refractivity contribution < 1.29 is 14.6 Å². The number of aromatic nitrogens is 1. The number of rotatable bonds is 6. The first kappa shape index (κ1) is 14.4. The zero-order chi connectivity index (χ0) is 12.9. The monoisotopic (exact) mass is 259 g/mol. The summed E-state index contributed by atoms with van der Waals surface area (Å²) < 4.78 is 11.0. The fourth-order valence-electron chi connectivity index (χ4n) is 1.43. The summed E-state index contributed by atoms with van der Waals surface area (Å²) in [5.41, 5.74) is 0.806. The predicted molar refractivity (Wildman–Crippen MR) is 65.9 cm³/mol. The molecule has 1 atom stereocenters. The van der Waals surface area contributed by atoms with E-state index in [1.54, 1.807) is 25.6 Å². The molecule has 0 saturated carbocycles. The van der Waals surface area contributed by atoms with Crippen molar-refractivity contribution in [2.75, 3.05) is 13.7 Å². The number of hydrogen-bond donors (Lipinski definition) is 1. The molecule has 1 aromatic rings. The Kier molecular flexibility index (Phi) is 5.33. The molecule has 0 aliphatic rings. The van der Waals surface area contributed by atoms with Crippen LogP contribution in [0.5, 0.6) is 0 Å². The molecule has 0 saturated heterocycles. The maximum Gasteiger partial charge on any atom is 0.163 e. The second-order valence-electron chi connectivity index (χ2n) is 4.12. The highest BCUT2D eigenvalue weighted by atomic mass is 35.5. The van der Waals surface area contributed by atoms with E-state index in [0.717, 1.165) is 5.56 Å². The van der Waals surface area contributed by atoms with E-state index in [0.29, 0.717) is 11.4 Å². The lowest BCUT2D eigenvalue weighted by molar-refractivity contribution is -0.227. The van der Waals surface area contributed by atoms with Crippen LogP contribution >= 0.6 is 11.6 Å². The molecule has 1 aromatic heterocycles. The fourth-order valence-corrected chi connectivity index (χ4v) is 1.67. The predicted octanol–water partition coefficient (Wildman–Crippen LogP) is 2.56. The van der Waals surface area contributed by atoms with Gasteiger partial charge in [0.1, 0.15) is 0 Å². The van der Waals surface area contributed by atoms with Crippen molar-refractivity contribution in [2.45, 2.75) is 32.2 Å². The lowest BCUT2D eigenvalue weighted by Crippen LogP contribution is -2.29. The SMILES string of the molecule is COC(C)(C)OC(CCO)c1ccncc1Cl. The highest BCUT2D eigenvalue weighted by Gasteiger charge is 2.25. The third-order valence-corrected chi connectivity index (χ3v) is 2.78. The van der Waals surface area contributed by atoms with E-state index in [9.17, 15) is 0 Å². The van der Waals surface area contributed by atoms with Crippen molar-refractivity contribution >= 4 is 11.6 Å². The fraction of sp³-hybridized carbons (Fsp3) is 0.583. The van der Waals surface area contributed by atoms with E-state index >= 15 is 0 Å². The smallest absolute Gasteiger partial charge is 0.163 e. The number of aliphatic hydroxyl groups excluding tert-OH is 1. The number of hydrogen-bond acceptors (Lipinski definition) is 4. The van der Waals surface area contributed by atoms with Crippen LogP contribution in [0, 0.1) is 0 Å². The summed E-state index contributed by atoms with van der Waals surface area (Å²) in [4.78, 5) is 3.92. The van der Waals surface area contributed by atoms with E-state index in [4.69, 9.17) is 26.2 Å². The summed E-state index contributed by atoms with van der Waals surface area (Å²) in [6.45, 7) is 3.64. The van der Waals surface area contributed by atoms with Gasteiger partial charge in [0, 0.05) is 38.1 Å². The summed E-state index contributed by atoms with van der Waals surface area (Å²) in [6, 6.07) is 1.79. The number of aliphatic hydroxyl groups is 1. The minimum atomic E-state index is -0.730. The Morgan fingerprint density at radius 2 is 2.24 bits per heavy atom. The maximum absolute atomic E-state index is 9.08. The zero-order valence-electron chi connectivity index (χ0n) is 10.3. The number of pyridine rings is 1. The molecule has 0 aliphatic carbocycles. The minimum Gasteiger partial charge on any atom is -0.396 e. The Morgan fingerprint density at radius 3 is 2.76 bits per heavy atom. The lowest BCUT2D eigenvalue weighted by atomic mass is 10.1. The molecule has 0 spiro atoms. The number of methoxy groups -OCH3 is 1. The highest BCUT2D eigenvalue weighted by molar-refractivity contribution is 6.31. The number of ether oxygens (including phenoxy) is 2. The van der Waals surface area contributed by atoms with E-state index in [1.807, 2.05) is 13.8 Å². The first-order valence-electron chi connectivity index (χ1n) is 5.43. The van der Waals surface area contributed by atoms with E-state index in [-0.39, 0.29) is 12.7 Å². The van der Waals surface area contributed by atoms with Gasteiger partial charge in [-0.05, 0) is 19.9 Å². The molecule has 0 aromatic carbocycles. The Hall–Kier alpha value is -0.680. The first-order valence-corrected chi connectivity index (χ1v) is 5.81. The van der Waals surface area contributed by atoms with Gasteiger partial charge in [-0.25, -0.2) is 0 Å². The second kappa shape index (κ2) is 6.31. The summed E-state index contributed by atoms with van der Waals surface area (Å²) in [5, 5.41) is 9.60. The lowest BCUT2D eigenvalue weighted by Gasteiger charge is -2.29. The standard InChI is InChI=1S/C12H18ClNO3/c1-12(2,16-3)17-11(5-7-15)9-4-6-14-8-10(9)13/h4,6,8,11,15H,5,7H2,1-3H3. The Bertz CT molecular complexity index is 357. The molecule has 0 radical (unpaired) electrons. The Morgan fingerprint density at radius 1 is 1.53 bits per heavy atom. The van der Waals surface area contributed by atoms with Crippen molar-refractivity contribution in [2.24, 2.45) is 0 Å². The Labute approximate surface area is 107 Å². The van der Waals surface area contributed by atoms with Gasteiger partial charge in [-0.15, -0.1) is 0 Å². The van der Waals surface area contributed by atoms with Crippen molar-refractivity contribution in [3.8, 4) is 0 Å². The van der Waals surface area contributed by atoms with Gasteiger partial charge < -0.3 is 14.6 Å². The van der Waals surface area contributed by atoms with Gasteiger partial charge >= 0.3 is 0 Å². The van der Waals surface area contributed by atoms with Crippen molar-refractivity contribution in [1.29, 1.82) is 0 Å². The van der Waals surface area contributed by atoms with Crippen molar-refractivity contribution in [3.05, 3.63) is 29.0 Å². The van der Waals surface area contributed by atoms with E-state index in [1.165, 1.54) is 0 Å². The van der Waals surface area contributed by atoms with Crippen LogP contribution in [0.15, 0.2) is 18.5 Å². The Balaban J connectivity index is 2.90. The zero-order valence-corrected chi connectivity index (χ0v) is 11.1. The molecule has 96 valence electrons. The first-order chi connectivity index (χ1) is 8.00. The van der Waals surface area contributed by atoms with E-state index < -0.39 is 5.79 Å². The average molecular weight is 260 g/mol. The van der Waals surface area contributed by atoms with Crippen LogP contribution in [-0.2, 0) is 9.47 Å². The van der Waals surface area contributed by atoms with Crippen molar-refractivity contribution in [3.63, 3.8) is 0 Å². The van der Waals surface area contributed by atoms with Gasteiger partial charge in [-0.2, -0.15) is 0 Å². The molecular weight excluding hydrogens is 242 g/mol. The average Bonchev–Trinajstić information content (AvgIpc) is 2.29. The molecule has 0 fully saturated rings. The van der Waals surface area contributed by atoms with Gasteiger partial charge in [0.15, 0.2) is 5.79 Å².